The summed E-state index contributed by atoms with van der Waals surface area (Å²) < 4.78 is 33.4. The van der Waals surface area contributed by atoms with Crippen LogP contribution in [0.15, 0.2) is 0 Å². The van der Waals surface area contributed by atoms with Crippen LogP contribution in [-0.2, 0) is 0 Å². The van der Waals surface area contributed by atoms with Gasteiger partial charge in [0.15, 0.2) is 0 Å². The summed E-state index contributed by atoms with van der Waals surface area (Å²) in [6, 6.07) is 0. The summed E-state index contributed by atoms with van der Waals surface area (Å²) in [6.07, 6.45) is -4.19. The van der Waals surface area contributed by atoms with E-state index in [-0.39, 0.29) is 6.42 Å². The molecule has 0 aliphatic rings. The van der Waals surface area contributed by atoms with E-state index >= 15 is 0 Å². The first-order valence-electron chi connectivity index (χ1n) is 2.60. The zero-order valence-corrected chi connectivity index (χ0v) is 6.18. The third-order valence-corrected chi connectivity index (χ3v) is 1.87. The minimum atomic E-state index is -4.19. The molecule has 0 heterocycles. The monoisotopic (exact) mass is 158 g/mol. The van der Waals surface area contributed by atoms with Gasteiger partial charge >= 0.3 is 6.18 Å². The van der Waals surface area contributed by atoms with Crippen LogP contribution in [0.5, 0.6) is 0 Å². The summed E-state index contributed by atoms with van der Waals surface area (Å²) in [5.41, 5.74) is 0. The van der Waals surface area contributed by atoms with Gasteiger partial charge in [-0.05, 0) is 13.3 Å². The number of thiol groups is 1. The summed E-state index contributed by atoms with van der Waals surface area (Å²) in [4.78, 5) is 0. The fourth-order valence-corrected chi connectivity index (χ4v) is 0.200. The van der Waals surface area contributed by atoms with Gasteiger partial charge in [0.2, 0.25) is 0 Å². The standard InChI is InChI=1S/C5H9F3S/c1-3-4(2,9)5(6,7)8/h9H,3H2,1-2H3. The molecular weight excluding hydrogens is 149 g/mol. The van der Waals surface area contributed by atoms with E-state index in [1.54, 1.807) is 0 Å². The van der Waals surface area contributed by atoms with Gasteiger partial charge in [-0.15, -0.1) is 0 Å². The van der Waals surface area contributed by atoms with Crippen LogP contribution in [0, 0.1) is 0 Å². The van der Waals surface area contributed by atoms with Crippen molar-refractivity contribution in [1.82, 2.24) is 0 Å². The first-order chi connectivity index (χ1) is 3.81. The zero-order chi connectivity index (χ0) is 7.71. The largest absolute Gasteiger partial charge is 0.402 e. The van der Waals surface area contributed by atoms with Crippen molar-refractivity contribution in [3.63, 3.8) is 0 Å². The van der Waals surface area contributed by atoms with Crippen LogP contribution in [0.4, 0.5) is 13.2 Å². The normalized spacial score (nSPS) is 19.3. The average molecular weight is 158 g/mol. The number of alkyl halides is 3. The maximum Gasteiger partial charge on any atom is 0.402 e. The molecule has 56 valence electrons. The second-order valence-corrected chi connectivity index (χ2v) is 3.11. The van der Waals surface area contributed by atoms with Crippen LogP contribution in [0.2, 0.25) is 0 Å². The van der Waals surface area contributed by atoms with Crippen LogP contribution in [-0.4, -0.2) is 10.9 Å². The SMILES string of the molecule is CCC(C)(S)C(F)(F)F. The molecule has 0 aliphatic carbocycles. The molecule has 0 N–H and O–H groups in total. The summed E-state index contributed by atoms with van der Waals surface area (Å²) in [7, 11) is 0. The second kappa shape index (κ2) is 2.40. The van der Waals surface area contributed by atoms with Crippen LogP contribution in [0.1, 0.15) is 20.3 Å². The molecule has 0 radical (unpaired) electrons. The molecular formula is C5H9F3S. The van der Waals surface area contributed by atoms with E-state index < -0.39 is 10.9 Å². The number of rotatable bonds is 1. The molecule has 9 heavy (non-hydrogen) atoms. The minimum Gasteiger partial charge on any atom is -0.170 e. The summed E-state index contributed by atoms with van der Waals surface area (Å²) >= 11 is 3.44. The van der Waals surface area contributed by atoms with Gasteiger partial charge in [-0.3, -0.25) is 0 Å². The third-order valence-electron chi connectivity index (χ3n) is 1.30. The van der Waals surface area contributed by atoms with E-state index in [2.05, 4.69) is 12.6 Å². The van der Waals surface area contributed by atoms with Crippen molar-refractivity contribution in [3.05, 3.63) is 0 Å². The lowest BCUT2D eigenvalue weighted by Crippen LogP contribution is -2.35. The van der Waals surface area contributed by atoms with Crippen LogP contribution in [0.3, 0.4) is 0 Å². The van der Waals surface area contributed by atoms with Crippen LogP contribution >= 0.6 is 12.6 Å². The molecule has 0 saturated heterocycles. The topological polar surface area (TPSA) is 0 Å². The lowest BCUT2D eigenvalue weighted by molar-refractivity contribution is -0.155. The van der Waals surface area contributed by atoms with Crippen molar-refractivity contribution < 1.29 is 13.2 Å². The second-order valence-electron chi connectivity index (χ2n) is 2.13. The molecule has 0 spiro atoms. The Morgan fingerprint density at radius 2 is 1.67 bits per heavy atom. The van der Waals surface area contributed by atoms with Crippen LogP contribution in [0.25, 0.3) is 0 Å². The van der Waals surface area contributed by atoms with Crippen LogP contribution < -0.4 is 0 Å². The Morgan fingerprint density at radius 1 is 1.33 bits per heavy atom. The van der Waals surface area contributed by atoms with Gasteiger partial charge in [0.05, 0.1) is 0 Å². The predicted octanol–water partition coefficient (Wildman–Crippen LogP) is 2.65. The van der Waals surface area contributed by atoms with Crippen molar-refractivity contribution in [3.8, 4) is 0 Å². The molecule has 0 fully saturated rings. The number of halogens is 3. The van der Waals surface area contributed by atoms with E-state index in [0.29, 0.717) is 0 Å². The molecule has 0 nitrogen and oxygen atoms in total. The van der Waals surface area contributed by atoms with Gasteiger partial charge in [0.25, 0.3) is 0 Å². The zero-order valence-electron chi connectivity index (χ0n) is 5.29. The van der Waals surface area contributed by atoms with Gasteiger partial charge in [0.1, 0.15) is 4.75 Å². The molecule has 0 aliphatic heterocycles. The summed E-state index contributed by atoms with van der Waals surface area (Å²) in [5, 5.41) is 0. The van der Waals surface area contributed by atoms with E-state index in [1.807, 2.05) is 0 Å². The van der Waals surface area contributed by atoms with Gasteiger partial charge in [-0.25, -0.2) is 0 Å². The highest BCUT2D eigenvalue weighted by Crippen LogP contribution is 2.37. The molecule has 0 amide bonds. The fraction of sp³-hybridized carbons (Fsp3) is 1.00. The molecule has 0 aromatic carbocycles. The van der Waals surface area contributed by atoms with Crippen molar-refractivity contribution in [2.75, 3.05) is 0 Å². The van der Waals surface area contributed by atoms with E-state index in [0.717, 1.165) is 6.92 Å². The minimum absolute atomic E-state index is 0.000386. The quantitative estimate of drug-likeness (QED) is 0.557. The highest BCUT2D eigenvalue weighted by molar-refractivity contribution is 7.81. The molecule has 0 bridgehead atoms. The van der Waals surface area contributed by atoms with E-state index in [4.69, 9.17) is 0 Å². The van der Waals surface area contributed by atoms with Gasteiger partial charge in [-0.1, -0.05) is 6.92 Å². The maximum absolute atomic E-state index is 11.8. The lowest BCUT2D eigenvalue weighted by atomic mass is 10.1. The van der Waals surface area contributed by atoms with Gasteiger partial charge in [0, 0.05) is 0 Å². The number of hydrogen-bond acceptors (Lipinski definition) is 1. The lowest BCUT2D eigenvalue weighted by Gasteiger charge is -2.24. The van der Waals surface area contributed by atoms with Crippen molar-refractivity contribution >= 4 is 12.6 Å². The first-order valence-corrected chi connectivity index (χ1v) is 3.05. The van der Waals surface area contributed by atoms with Crippen molar-refractivity contribution in [2.45, 2.75) is 31.2 Å². The maximum atomic E-state index is 11.8. The van der Waals surface area contributed by atoms with E-state index in [1.165, 1.54) is 6.92 Å². The molecule has 0 saturated carbocycles. The molecule has 1 atom stereocenters. The Bertz CT molecular complexity index is 94.9. The van der Waals surface area contributed by atoms with Crippen molar-refractivity contribution in [1.29, 1.82) is 0 Å². The Morgan fingerprint density at radius 3 is 1.67 bits per heavy atom. The van der Waals surface area contributed by atoms with Gasteiger partial charge in [-0.2, -0.15) is 25.8 Å². The molecule has 0 rings (SSSR count). The van der Waals surface area contributed by atoms with Gasteiger partial charge < -0.3 is 0 Å². The predicted molar refractivity (Wildman–Crippen MR) is 33.7 cm³/mol. The first kappa shape index (κ1) is 9.14. The Balaban J connectivity index is 4.14. The molecule has 0 aromatic heterocycles. The number of hydrogen-bond donors (Lipinski definition) is 1. The third kappa shape index (κ3) is 2.08. The Kier molecular flexibility index (Phi) is 2.44. The molecule has 1 unspecified atom stereocenters. The summed E-state index contributed by atoms with van der Waals surface area (Å²) in [6.45, 7) is 2.52. The molecule has 0 aromatic rings. The summed E-state index contributed by atoms with van der Waals surface area (Å²) in [5.74, 6) is 0. The highest BCUT2D eigenvalue weighted by atomic mass is 32.1. The highest BCUT2D eigenvalue weighted by Gasteiger charge is 2.46. The average Bonchev–Trinajstić information content (AvgIpc) is 1.64. The Hall–Kier alpha value is 0.140. The van der Waals surface area contributed by atoms with E-state index in [9.17, 15) is 13.2 Å². The molecule has 4 heteroatoms. The Labute approximate surface area is 57.9 Å². The van der Waals surface area contributed by atoms with Crippen molar-refractivity contribution in [2.24, 2.45) is 0 Å². The smallest absolute Gasteiger partial charge is 0.170 e. The fourth-order valence-electron chi connectivity index (χ4n) is 0.200.